The highest BCUT2D eigenvalue weighted by molar-refractivity contribution is 5.96. The van der Waals surface area contributed by atoms with Crippen LogP contribution in [0, 0.1) is 5.82 Å². The second-order valence-corrected chi connectivity index (χ2v) is 7.28. The maximum Gasteiger partial charge on any atom is 0.147 e. The smallest absolute Gasteiger partial charge is 0.147 e. The van der Waals surface area contributed by atoms with Gasteiger partial charge in [-0.05, 0) is 47.7 Å². The Hall–Kier alpha value is -3.07. The summed E-state index contributed by atoms with van der Waals surface area (Å²) in [6, 6.07) is 22.9. The summed E-state index contributed by atoms with van der Waals surface area (Å²) >= 11 is 0. The average Bonchev–Trinajstić information content (AvgIpc) is 3.33. The van der Waals surface area contributed by atoms with Gasteiger partial charge in [0.25, 0.3) is 0 Å². The van der Waals surface area contributed by atoms with Crippen LogP contribution in [0.5, 0.6) is 0 Å². The molecule has 134 valence electrons. The predicted molar refractivity (Wildman–Crippen MR) is 110 cm³/mol. The molecule has 1 atom stereocenters. The van der Waals surface area contributed by atoms with E-state index >= 15 is 0 Å². The zero-order chi connectivity index (χ0) is 18.4. The highest BCUT2D eigenvalue weighted by atomic mass is 19.1. The van der Waals surface area contributed by atoms with Crippen LogP contribution in [0.15, 0.2) is 72.9 Å². The number of aromatic nitrogens is 1. The van der Waals surface area contributed by atoms with Crippen LogP contribution in [0.1, 0.15) is 23.6 Å². The standard InChI is InChI=1S/C24H21FN2/c1-27(23-13-12-16-6-2-3-9-19(16)23)18-8-4-7-17(14-18)21-15-26-24-20(21)10-5-11-22(24)25/h2-11,14-15,23,26H,12-13H2,1H3. The van der Waals surface area contributed by atoms with Gasteiger partial charge in [-0.1, -0.05) is 48.5 Å². The maximum atomic E-state index is 14.0. The fourth-order valence-electron chi connectivity index (χ4n) is 4.37. The number of anilines is 1. The Morgan fingerprint density at radius 2 is 1.85 bits per heavy atom. The Kier molecular flexibility index (Phi) is 3.75. The summed E-state index contributed by atoms with van der Waals surface area (Å²) in [5.41, 5.74) is 6.77. The minimum absolute atomic E-state index is 0.213. The molecule has 4 aromatic rings. The van der Waals surface area contributed by atoms with Crippen LogP contribution >= 0.6 is 0 Å². The molecule has 1 N–H and O–H groups in total. The third kappa shape index (κ3) is 2.62. The van der Waals surface area contributed by atoms with E-state index in [4.69, 9.17) is 0 Å². The van der Waals surface area contributed by atoms with E-state index in [1.54, 1.807) is 6.07 Å². The van der Waals surface area contributed by atoms with Crippen LogP contribution in [0.2, 0.25) is 0 Å². The maximum absolute atomic E-state index is 14.0. The summed E-state index contributed by atoms with van der Waals surface area (Å²) < 4.78 is 14.0. The van der Waals surface area contributed by atoms with Crippen molar-refractivity contribution in [1.29, 1.82) is 0 Å². The molecule has 0 fully saturated rings. The van der Waals surface area contributed by atoms with Crippen LogP contribution in [-0.2, 0) is 6.42 Å². The number of hydrogen-bond acceptors (Lipinski definition) is 1. The average molecular weight is 356 g/mol. The Morgan fingerprint density at radius 3 is 2.78 bits per heavy atom. The van der Waals surface area contributed by atoms with E-state index in [-0.39, 0.29) is 5.82 Å². The summed E-state index contributed by atoms with van der Waals surface area (Å²) in [5.74, 6) is -0.213. The van der Waals surface area contributed by atoms with Crippen molar-refractivity contribution in [2.45, 2.75) is 18.9 Å². The highest BCUT2D eigenvalue weighted by Gasteiger charge is 2.25. The molecule has 1 unspecified atom stereocenters. The van der Waals surface area contributed by atoms with Gasteiger partial charge in [-0.3, -0.25) is 0 Å². The third-order valence-corrected chi connectivity index (χ3v) is 5.80. The van der Waals surface area contributed by atoms with Crippen molar-refractivity contribution in [2.24, 2.45) is 0 Å². The molecule has 1 aliphatic rings. The molecule has 5 rings (SSSR count). The van der Waals surface area contributed by atoms with Gasteiger partial charge in [0.15, 0.2) is 0 Å². The van der Waals surface area contributed by atoms with Crippen molar-refractivity contribution in [3.63, 3.8) is 0 Å². The molecule has 3 heteroatoms. The van der Waals surface area contributed by atoms with E-state index in [0.717, 1.165) is 29.4 Å². The number of rotatable bonds is 3. The van der Waals surface area contributed by atoms with Crippen molar-refractivity contribution >= 4 is 16.6 Å². The molecule has 1 aromatic heterocycles. The second kappa shape index (κ2) is 6.27. The van der Waals surface area contributed by atoms with Gasteiger partial charge >= 0.3 is 0 Å². The molecule has 0 amide bonds. The number of aromatic amines is 1. The molecule has 1 aliphatic carbocycles. The monoisotopic (exact) mass is 356 g/mol. The van der Waals surface area contributed by atoms with E-state index in [1.165, 1.54) is 22.9 Å². The zero-order valence-corrected chi connectivity index (χ0v) is 15.2. The van der Waals surface area contributed by atoms with Gasteiger partial charge in [-0.15, -0.1) is 0 Å². The number of hydrogen-bond donors (Lipinski definition) is 1. The number of aryl methyl sites for hydroxylation is 1. The van der Waals surface area contributed by atoms with Crippen molar-refractivity contribution in [2.75, 3.05) is 11.9 Å². The van der Waals surface area contributed by atoms with Gasteiger partial charge in [0.05, 0.1) is 11.6 Å². The minimum atomic E-state index is -0.213. The Bertz CT molecular complexity index is 1130. The molecule has 3 aromatic carbocycles. The molecule has 0 bridgehead atoms. The van der Waals surface area contributed by atoms with E-state index in [2.05, 4.69) is 65.5 Å². The molecule has 27 heavy (non-hydrogen) atoms. The fourth-order valence-corrected chi connectivity index (χ4v) is 4.37. The number of nitrogens with zero attached hydrogens (tertiary/aromatic N) is 1. The van der Waals surface area contributed by atoms with E-state index in [9.17, 15) is 4.39 Å². The summed E-state index contributed by atoms with van der Waals surface area (Å²) in [7, 11) is 2.17. The lowest BCUT2D eigenvalue weighted by Crippen LogP contribution is -2.22. The first-order valence-electron chi connectivity index (χ1n) is 9.39. The number of para-hydroxylation sites is 1. The number of nitrogens with one attached hydrogen (secondary N) is 1. The molecule has 1 heterocycles. The molecular weight excluding hydrogens is 335 g/mol. The number of H-pyrrole nitrogens is 1. The Balaban J connectivity index is 1.53. The lowest BCUT2D eigenvalue weighted by atomic mass is 10.0. The topological polar surface area (TPSA) is 19.0 Å². The van der Waals surface area contributed by atoms with Crippen molar-refractivity contribution in [3.05, 3.63) is 89.9 Å². The van der Waals surface area contributed by atoms with Gasteiger partial charge in [0.1, 0.15) is 5.82 Å². The summed E-state index contributed by atoms with van der Waals surface area (Å²) in [6.07, 6.45) is 4.17. The SMILES string of the molecule is CN(c1cccc(-c2c[nH]c3c(F)cccc23)c1)C1CCc2ccccc21. The quantitative estimate of drug-likeness (QED) is 0.470. The lowest BCUT2D eigenvalue weighted by molar-refractivity contribution is 0.637. The number of halogens is 1. The first-order chi connectivity index (χ1) is 13.2. The van der Waals surface area contributed by atoms with Crippen LogP contribution in [-0.4, -0.2) is 12.0 Å². The molecule has 0 aliphatic heterocycles. The van der Waals surface area contributed by atoms with E-state index in [0.29, 0.717) is 11.6 Å². The molecular formula is C24H21FN2. The van der Waals surface area contributed by atoms with Gasteiger partial charge < -0.3 is 9.88 Å². The molecule has 0 saturated carbocycles. The van der Waals surface area contributed by atoms with Crippen LogP contribution in [0.3, 0.4) is 0 Å². The summed E-state index contributed by atoms with van der Waals surface area (Å²) in [4.78, 5) is 5.45. The molecule has 0 spiro atoms. The minimum Gasteiger partial charge on any atom is -0.368 e. The largest absolute Gasteiger partial charge is 0.368 e. The first-order valence-corrected chi connectivity index (χ1v) is 9.39. The molecule has 0 radical (unpaired) electrons. The van der Waals surface area contributed by atoms with Crippen LogP contribution < -0.4 is 4.90 Å². The van der Waals surface area contributed by atoms with Gasteiger partial charge in [0.2, 0.25) is 0 Å². The fraction of sp³-hybridized carbons (Fsp3) is 0.167. The van der Waals surface area contributed by atoms with Gasteiger partial charge in [0, 0.05) is 29.9 Å². The lowest BCUT2D eigenvalue weighted by Gasteiger charge is -2.28. The Labute approximate surface area is 158 Å². The second-order valence-electron chi connectivity index (χ2n) is 7.28. The van der Waals surface area contributed by atoms with Crippen LogP contribution in [0.25, 0.3) is 22.0 Å². The van der Waals surface area contributed by atoms with Gasteiger partial charge in [-0.2, -0.15) is 0 Å². The summed E-state index contributed by atoms with van der Waals surface area (Å²) in [6.45, 7) is 0. The van der Waals surface area contributed by atoms with Crippen molar-refractivity contribution < 1.29 is 4.39 Å². The van der Waals surface area contributed by atoms with Crippen molar-refractivity contribution in [3.8, 4) is 11.1 Å². The summed E-state index contributed by atoms with van der Waals surface area (Å²) in [5, 5.41) is 0.918. The predicted octanol–water partition coefficient (Wildman–Crippen LogP) is 6.10. The van der Waals surface area contributed by atoms with Crippen molar-refractivity contribution in [1.82, 2.24) is 4.98 Å². The highest BCUT2D eigenvalue weighted by Crippen LogP contribution is 2.39. The first kappa shape index (κ1) is 16.1. The normalized spacial score (nSPS) is 15.9. The number of fused-ring (bicyclic) bond motifs is 2. The zero-order valence-electron chi connectivity index (χ0n) is 15.2. The van der Waals surface area contributed by atoms with Crippen LogP contribution in [0.4, 0.5) is 10.1 Å². The van der Waals surface area contributed by atoms with E-state index in [1.807, 2.05) is 12.3 Å². The Morgan fingerprint density at radius 1 is 1.00 bits per heavy atom. The van der Waals surface area contributed by atoms with Gasteiger partial charge in [-0.25, -0.2) is 4.39 Å². The molecule has 0 saturated heterocycles. The number of benzene rings is 3. The van der Waals surface area contributed by atoms with E-state index < -0.39 is 0 Å². The molecule has 2 nitrogen and oxygen atoms in total. The third-order valence-electron chi connectivity index (χ3n) is 5.80.